The number of carboxylic acid groups (broad SMARTS) is 1. The van der Waals surface area contributed by atoms with Gasteiger partial charge in [0.05, 0.1) is 6.04 Å². The molecule has 0 aliphatic carbocycles. The zero-order valence-electron chi connectivity index (χ0n) is 11.0. The van der Waals surface area contributed by atoms with E-state index >= 15 is 0 Å². The lowest BCUT2D eigenvalue weighted by molar-refractivity contribution is -0.148. The maximum Gasteiger partial charge on any atom is 0.326 e. The Labute approximate surface area is 116 Å². The number of rotatable bonds is 4. The van der Waals surface area contributed by atoms with Crippen molar-refractivity contribution < 1.29 is 19.8 Å². The summed E-state index contributed by atoms with van der Waals surface area (Å²) < 4.78 is 0. The van der Waals surface area contributed by atoms with Gasteiger partial charge in [-0.25, -0.2) is 4.79 Å². The summed E-state index contributed by atoms with van der Waals surface area (Å²) in [7, 11) is 0. The minimum absolute atomic E-state index is 0.152. The van der Waals surface area contributed by atoms with Crippen LogP contribution in [0.2, 0.25) is 0 Å². The van der Waals surface area contributed by atoms with Crippen LogP contribution < -0.4 is 5.73 Å². The van der Waals surface area contributed by atoms with Gasteiger partial charge in [0.1, 0.15) is 11.8 Å². The van der Waals surface area contributed by atoms with Crippen LogP contribution in [0.25, 0.3) is 0 Å². The van der Waals surface area contributed by atoms with Gasteiger partial charge in [0, 0.05) is 6.54 Å². The second-order valence-corrected chi connectivity index (χ2v) is 5.00. The van der Waals surface area contributed by atoms with E-state index in [0.717, 1.165) is 5.56 Å². The molecule has 0 spiro atoms. The van der Waals surface area contributed by atoms with Crippen molar-refractivity contribution in [1.29, 1.82) is 0 Å². The first-order valence-electron chi connectivity index (χ1n) is 6.56. The van der Waals surface area contributed by atoms with Gasteiger partial charge in [0.25, 0.3) is 0 Å². The van der Waals surface area contributed by atoms with Crippen LogP contribution in [-0.2, 0) is 16.0 Å². The van der Waals surface area contributed by atoms with Crippen LogP contribution in [0, 0.1) is 0 Å². The maximum atomic E-state index is 12.2. The fourth-order valence-corrected chi connectivity index (χ4v) is 2.47. The second kappa shape index (κ2) is 5.92. The van der Waals surface area contributed by atoms with E-state index in [1.54, 1.807) is 12.1 Å². The van der Waals surface area contributed by atoms with E-state index in [1.807, 2.05) is 0 Å². The summed E-state index contributed by atoms with van der Waals surface area (Å²) in [6.07, 6.45) is 1.49. The summed E-state index contributed by atoms with van der Waals surface area (Å²) >= 11 is 0. The number of aliphatic carboxylic acids is 1. The number of aromatic hydroxyl groups is 1. The average molecular weight is 278 g/mol. The number of phenolic OH excluding ortho intramolecular Hbond substituents is 1. The molecular weight excluding hydrogens is 260 g/mol. The summed E-state index contributed by atoms with van der Waals surface area (Å²) in [4.78, 5) is 24.6. The fourth-order valence-electron chi connectivity index (χ4n) is 2.47. The van der Waals surface area contributed by atoms with E-state index in [1.165, 1.54) is 17.0 Å². The minimum Gasteiger partial charge on any atom is -0.508 e. The summed E-state index contributed by atoms with van der Waals surface area (Å²) in [5, 5.41) is 18.3. The summed E-state index contributed by atoms with van der Waals surface area (Å²) in [5.74, 6) is -1.16. The van der Waals surface area contributed by atoms with Gasteiger partial charge in [-0.05, 0) is 37.0 Å². The lowest BCUT2D eigenvalue weighted by Crippen LogP contribution is -2.49. The molecule has 6 heteroatoms. The largest absolute Gasteiger partial charge is 0.508 e. The number of carboxylic acids is 1. The molecule has 0 aromatic heterocycles. The van der Waals surface area contributed by atoms with Crippen molar-refractivity contribution in [2.75, 3.05) is 6.54 Å². The minimum atomic E-state index is -0.979. The Kier molecular flexibility index (Phi) is 4.24. The van der Waals surface area contributed by atoms with Crippen LogP contribution in [0.3, 0.4) is 0 Å². The van der Waals surface area contributed by atoms with Gasteiger partial charge in [-0.1, -0.05) is 12.1 Å². The number of amides is 1. The number of hydrogen-bond donors (Lipinski definition) is 3. The van der Waals surface area contributed by atoms with Crippen molar-refractivity contribution in [1.82, 2.24) is 4.90 Å². The number of nitrogens with zero attached hydrogens (tertiary/aromatic N) is 1. The number of likely N-dealkylation sites (tertiary alicyclic amines) is 1. The van der Waals surface area contributed by atoms with Crippen molar-refractivity contribution in [2.24, 2.45) is 5.73 Å². The molecule has 0 unspecified atom stereocenters. The van der Waals surface area contributed by atoms with E-state index in [4.69, 9.17) is 10.8 Å². The molecule has 1 fully saturated rings. The first kappa shape index (κ1) is 14.3. The van der Waals surface area contributed by atoms with Crippen LogP contribution in [0.5, 0.6) is 5.75 Å². The molecule has 1 aliphatic heterocycles. The normalized spacial score (nSPS) is 19.9. The highest BCUT2D eigenvalue weighted by Crippen LogP contribution is 2.19. The number of benzene rings is 1. The zero-order valence-corrected chi connectivity index (χ0v) is 11.0. The molecule has 1 aliphatic rings. The van der Waals surface area contributed by atoms with Crippen molar-refractivity contribution in [3.8, 4) is 5.75 Å². The molecule has 108 valence electrons. The van der Waals surface area contributed by atoms with Gasteiger partial charge >= 0.3 is 5.97 Å². The SMILES string of the molecule is N[C@H](Cc1ccc(O)cc1)C(=O)N1CCC[C@H]1C(=O)O. The summed E-state index contributed by atoms with van der Waals surface area (Å²) in [5.41, 5.74) is 6.71. The number of carbonyl (C=O) groups is 2. The molecule has 0 radical (unpaired) electrons. The van der Waals surface area contributed by atoms with Crippen LogP contribution in [0.4, 0.5) is 0 Å². The van der Waals surface area contributed by atoms with E-state index in [9.17, 15) is 14.7 Å². The monoisotopic (exact) mass is 278 g/mol. The van der Waals surface area contributed by atoms with Crippen molar-refractivity contribution >= 4 is 11.9 Å². The third-order valence-corrected chi connectivity index (χ3v) is 3.53. The van der Waals surface area contributed by atoms with Gasteiger partial charge in [0.15, 0.2) is 0 Å². The lowest BCUT2D eigenvalue weighted by Gasteiger charge is -2.24. The molecule has 6 nitrogen and oxygen atoms in total. The van der Waals surface area contributed by atoms with Crippen molar-refractivity contribution in [3.05, 3.63) is 29.8 Å². The first-order chi connectivity index (χ1) is 9.49. The molecule has 1 amide bonds. The molecule has 1 aromatic carbocycles. The summed E-state index contributed by atoms with van der Waals surface area (Å²) in [6.45, 7) is 0.444. The highest BCUT2D eigenvalue weighted by Gasteiger charge is 2.35. The second-order valence-electron chi connectivity index (χ2n) is 5.00. The molecule has 4 N–H and O–H groups in total. The Balaban J connectivity index is 2.01. The highest BCUT2D eigenvalue weighted by atomic mass is 16.4. The topological polar surface area (TPSA) is 104 Å². The Bertz CT molecular complexity index is 500. The highest BCUT2D eigenvalue weighted by molar-refractivity contribution is 5.87. The van der Waals surface area contributed by atoms with E-state index in [2.05, 4.69) is 0 Å². The number of phenols is 1. The molecule has 0 bridgehead atoms. The number of hydrogen-bond acceptors (Lipinski definition) is 4. The van der Waals surface area contributed by atoms with E-state index in [-0.39, 0.29) is 11.7 Å². The summed E-state index contributed by atoms with van der Waals surface area (Å²) in [6, 6.07) is 4.93. The maximum absolute atomic E-state index is 12.2. The lowest BCUT2D eigenvalue weighted by atomic mass is 10.0. The molecule has 1 heterocycles. The van der Waals surface area contributed by atoms with Gasteiger partial charge in [-0.15, -0.1) is 0 Å². The Hall–Kier alpha value is -2.08. The third kappa shape index (κ3) is 3.08. The van der Waals surface area contributed by atoms with Gasteiger partial charge < -0.3 is 20.8 Å². The molecule has 2 rings (SSSR count). The smallest absolute Gasteiger partial charge is 0.326 e. The average Bonchev–Trinajstić information content (AvgIpc) is 2.90. The van der Waals surface area contributed by atoms with Crippen LogP contribution >= 0.6 is 0 Å². The van der Waals surface area contributed by atoms with Gasteiger partial charge in [-0.2, -0.15) is 0 Å². The quantitative estimate of drug-likeness (QED) is 0.736. The number of carbonyl (C=O) groups excluding carboxylic acids is 1. The van der Waals surface area contributed by atoms with E-state index in [0.29, 0.717) is 25.8 Å². The Morgan fingerprint density at radius 3 is 2.60 bits per heavy atom. The van der Waals surface area contributed by atoms with Gasteiger partial charge in [-0.3, -0.25) is 4.79 Å². The molecule has 1 aromatic rings. The zero-order chi connectivity index (χ0) is 14.7. The Morgan fingerprint density at radius 2 is 2.00 bits per heavy atom. The third-order valence-electron chi connectivity index (χ3n) is 3.53. The van der Waals surface area contributed by atoms with Crippen molar-refractivity contribution in [3.63, 3.8) is 0 Å². The first-order valence-corrected chi connectivity index (χ1v) is 6.56. The van der Waals surface area contributed by atoms with Crippen molar-refractivity contribution in [2.45, 2.75) is 31.3 Å². The standard InChI is InChI=1S/C14H18N2O4/c15-11(8-9-3-5-10(17)6-4-9)13(18)16-7-1-2-12(16)14(19)20/h3-6,11-12,17H,1-2,7-8,15H2,(H,19,20)/t11-,12+/m1/s1. The predicted octanol–water partition coefficient (Wildman–Crippen LogP) is 0.338. The molecule has 0 saturated carbocycles. The fraction of sp³-hybridized carbons (Fsp3) is 0.429. The van der Waals surface area contributed by atoms with E-state index < -0.39 is 18.1 Å². The Morgan fingerprint density at radius 1 is 1.35 bits per heavy atom. The van der Waals surface area contributed by atoms with Crippen LogP contribution in [-0.4, -0.2) is 45.6 Å². The predicted molar refractivity (Wildman–Crippen MR) is 72.2 cm³/mol. The molecule has 1 saturated heterocycles. The molecule has 20 heavy (non-hydrogen) atoms. The number of nitrogens with two attached hydrogens (primary N) is 1. The van der Waals surface area contributed by atoms with Crippen LogP contribution in [0.15, 0.2) is 24.3 Å². The molecular formula is C14H18N2O4. The van der Waals surface area contributed by atoms with Crippen LogP contribution in [0.1, 0.15) is 18.4 Å². The van der Waals surface area contributed by atoms with Gasteiger partial charge in [0.2, 0.25) is 5.91 Å². The molecule has 2 atom stereocenters.